The van der Waals surface area contributed by atoms with Gasteiger partial charge in [0.15, 0.2) is 5.78 Å². The van der Waals surface area contributed by atoms with Crippen LogP contribution in [0.2, 0.25) is 0 Å². The summed E-state index contributed by atoms with van der Waals surface area (Å²) in [6, 6.07) is 0. The summed E-state index contributed by atoms with van der Waals surface area (Å²) in [5.41, 5.74) is 0.368. The predicted molar refractivity (Wildman–Crippen MR) is 30.4 cm³/mol. The van der Waals surface area contributed by atoms with Crippen LogP contribution in [0.5, 0.6) is 0 Å². The SMILES string of the molecule is C=C(CCF)C(C)=O. The second-order valence-corrected chi connectivity index (χ2v) is 1.60. The summed E-state index contributed by atoms with van der Waals surface area (Å²) in [5, 5.41) is 0. The molecule has 0 aromatic heterocycles. The van der Waals surface area contributed by atoms with Gasteiger partial charge in [-0.1, -0.05) is 6.58 Å². The van der Waals surface area contributed by atoms with Crippen LogP contribution in [0.25, 0.3) is 0 Å². The lowest BCUT2D eigenvalue weighted by atomic mass is 10.2. The molecule has 0 radical (unpaired) electrons. The predicted octanol–water partition coefficient (Wildman–Crippen LogP) is 1.49. The molecular formula is C6H9FO. The topological polar surface area (TPSA) is 17.1 Å². The summed E-state index contributed by atoms with van der Waals surface area (Å²) in [6.45, 7) is 4.25. The standard InChI is InChI=1S/C6H9FO/c1-5(3-4-7)6(2)8/h1,3-4H2,2H3. The molecule has 0 fully saturated rings. The Morgan fingerprint density at radius 3 is 2.38 bits per heavy atom. The Hall–Kier alpha value is -0.660. The quantitative estimate of drug-likeness (QED) is 0.510. The number of alkyl halides is 1. The first-order valence-corrected chi connectivity index (χ1v) is 2.43. The zero-order chi connectivity index (χ0) is 6.57. The molecule has 8 heavy (non-hydrogen) atoms. The van der Waals surface area contributed by atoms with Gasteiger partial charge >= 0.3 is 0 Å². The smallest absolute Gasteiger partial charge is 0.155 e. The summed E-state index contributed by atoms with van der Waals surface area (Å²) in [5.74, 6) is -0.123. The van der Waals surface area contributed by atoms with E-state index in [1.54, 1.807) is 0 Å². The number of allylic oxidation sites excluding steroid dienone is 1. The van der Waals surface area contributed by atoms with Crippen molar-refractivity contribution in [1.82, 2.24) is 0 Å². The molecule has 0 aliphatic heterocycles. The molecule has 0 rings (SSSR count). The molecule has 0 N–H and O–H groups in total. The van der Waals surface area contributed by atoms with Crippen LogP contribution in [-0.4, -0.2) is 12.5 Å². The van der Waals surface area contributed by atoms with Gasteiger partial charge in [0.05, 0.1) is 6.67 Å². The van der Waals surface area contributed by atoms with Crippen molar-refractivity contribution in [1.29, 1.82) is 0 Å². The average molecular weight is 116 g/mol. The van der Waals surface area contributed by atoms with Gasteiger partial charge in [0.25, 0.3) is 0 Å². The largest absolute Gasteiger partial charge is 0.295 e. The first-order chi connectivity index (χ1) is 3.68. The minimum absolute atomic E-state index is 0.123. The van der Waals surface area contributed by atoms with E-state index < -0.39 is 6.67 Å². The second kappa shape index (κ2) is 3.36. The fraction of sp³-hybridized carbons (Fsp3) is 0.500. The summed E-state index contributed by atoms with van der Waals surface area (Å²) >= 11 is 0. The molecule has 0 aromatic carbocycles. The van der Waals surface area contributed by atoms with Crippen molar-refractivity contribution < 1.29 is 9.18 Å². The van der Waals surface area contributed by atoms with Crippen molar-refractivity contribution in [3.63, 3.8) is 0 Å². The molecule has 0 aliphatic rings. The fourth-order valence-corrected chi connectivity index (χ4v) is 0.290. The van der Waals surface area contributed by atoms with Crippen molar-refractivity contribution in [2.45, 2.75) is 13.3 Å². The van der Waals surface area contributed by atoms with Crippen molar-refractivity contribution in [2.24, 2.45) is 0 Å². The second-order valence-electron chi connectivity index (χ2n) is 1.60. The molecule has 0 aromatic rings. The van der Waals surface area contributed by atoms with Crippen LogP contribution >= 0.6 is 0 Å². The van der Waals surface area contributed by atoms with E-state index in [-0.39, 0.29) is 12.2 Å². The van der Waals surface area contributed by atoms with E-state index >= 15 is 0 Å². The third-order valence-corrected chi connectivity index (χ3v) is 0.894. The number of ketones is 1. The summed E-state index contributed by atoms with van der Waals surface area (Å²) in [7, 11) is 0. The van der Waals surface area contributed by atoms with E-state index in [4.69, 9.17) is 0 Å². The highest BCUT2D eigenvalue weighted by Crippen LogP contribution is 1.97. The molecular weight excluding hydrogens is 107 g/mol. The van der Waals surface area contributed by atoms with Gasteiger partial charge in [-0.3, -0.25) is 9.18 Å². The number of Topliss-reactive ketones (excluding diaryl/α,β-unsaturated/α-hetero) is 1. The fourth-order valence-electron chi connectivity index (χ4n) is 0.290. The normalized spacial score (nSPS) is 8.75. The first kappa shape index (κ1) is 7.34. The summed E-state index contributed by atoms with van der Waals surface area (Å²) in [4.78, 5) is 10.3. The van der Waals surface area contributed by atoms with Gasteiger partial charge in [0.1, 0.15) is 0 Å². The summed E-state index contributed by atoms with van der Waals surface area (Å²) in [6.07, 6.45) is 0.176. The molecule has 1 nitrogen and oxygen atoms in total. The van der Waals surface area contributed by atoms with Crippen LogP contribution in [0, 0.1) is 0 Å². The first-order valence-electron chi connectivity index (χ1n) is 2.43. The maximum Gasteiger partial charge on any atom is 0.155 e. The molecule has 0 heterocycles. The van der Waals surface area contributed by atoms with Gasteiger partial charge in [-0.2, -0.15) is 0 Å². The van der Waals surface area contributed by atoms with E-state index in [0.29, 0.717) is 5.57 Å². The number of carbonyl (C=O) groups is 1. The van der Waals surface area contributed by atoms with Crippen LogP contribution in [0.1, 0.15) is 13.3 Å². The number of halogens is 1. The molecule has 0 saturated heterocycles. The Kier molecular flexibility index (Phi) is 3.08. The van der Waals surface area contributed by atoms with E-state index in [1.165, 1.54) is 6.92 Å². The molecule has 2 heteroatoms. The van der Waals surface area contributed by atoms with Gasteiger partial charge in [-0.25, -0.2) is 0 Å². The number of hydrogen-bond donors (Lipinski definition) is 0. The average Bonchev–Trinajstić information content (AvgIpc) is 1.67. The Morgan fingerprint density at radius 1 is 1.75 bits per heavy atom. The van der Waals surface area contributed by atoms with Gasteiger partial charge in [-0.05, 0) is 12.5 Å². The van der Waals surface area contributed by atoms with Crippen LogP contribution in [0.4, 0.5) is 4.39 Å². The lowest BCUT2D eigenvalue weighted by Crippen LogP contribution is -1.94. The van der Waals surface area contributed by atoms with Crippen LogP contribution in [-0.2, 0) is 4.79 Å². The molecule has 0 spiro atoms. The van der Waals surface area contributed by atoms with Gasteiger partial charge < -0.3 is 0 Å². The highest BCUT2D eigenvalue weighted by atomic mass is 19.1. The number of rotatable bonds is 3. The highest BCUT2D eigenvalue weighted by molar-refractivity contribution is 5.92. The van der Waals surface area contributed by atoms with Crippen LogP contribution in [0.3, 0.4) is 0 Å². The number of carbonyl (C=O) groups excluding carboxylic acids is 1. The van der Waals surface area contributed by atoms with Gasteiger partial charge in [-0.15, -0.1) is 0 Å². The summed E-state index contributed by atoms with van der Waals surface area (Å²) < 4.78 is 11.4. The molecule has 0 amide bonds. The molecule has 0 unspecified atom stereocenters. The van der Waals surface area contributed by atoms with Crippen LogP contribution in [0.15, 0.2) is 12.2 Å². The third kappa shape index (κ3) is 2.50. The molecule has 0 aliphatic carbocycles. The Balaban J connectivity index is 3.49. The van der Waals surface area contributed by atoms with Crippen molar-refractivity contribution in [3.8, 4) is 0 Å². The van der Waals surface area contributed by atoms with E-state index in [1.807, 2.05) is 0 Å². The highest BCUT2D eigenvalue weighted by Gasteiger charge is 1.97. The van der Waals surface area contributed by atoms with E-state index in [0.717, 1.165) is 0 Å². The lowest BCUT2D eigenvalue weighted by molar-refractivity contribution is -0.113. The van der Waals surface area contributed by atoms with Crippen molar-refractivity contribution in [2.75, 3.05) is 6.67 Å². The van der Waals surface area contributed by atoms with E-state index in [2.05, 4.69) is 6.58 Å². The zero-order valence-electron chi connectivity index (χ0n) is 4.91. The molecule has 46 valence electrons. The Labute approximate surface area is 48.2 Å². The van der Waals surface area contributed by atoms with E-state index in [9.17, 15) is 9.18 Å². The number of hydrogen-bond acceptors (Lipinski definition) is 1. The molecule has 0 bridgehead atoms. The zero-order valence-corrected chi connectivity index (χ0v) is 4.91. The monoisotopic (exact) mass is 116 g/mol. The minimum atomic E-state index is -0.488. The molecule has 0 atom stereocenters. The van der Waals surface area contributed by atoms with Crippen molar-refractivity contribution in [3.05, 3.63) is 12.2 Å². The minimum Gasteiger partial charge on any atom is -0.295 e. The maximum absolute atomic E-state index is 11.4. The maximum atomic E-state index is 11.4. The Bertz CT molecular complexity index is 107. The van der Waals surface area contributed by atoms with Crippen molar-refractivity contribution >= 4 is 5.78 Å². The van der Waals surface area contributed by atoms with Gasteiger partial charge in [0.2, 0.25) is 0 Å². The Morgan fingerprint density at radius 2 is 2.25 bits per heavy atom. The molecule has 0 saturated carbocycles. The third-order valence-electron chi connectivity index (χ3n) is 0.894. The lowest BCUT2D eigenvalue weighted by Gasteiger charge is -1.92. The van der Waals surface area contributed by atoms with Gasteiger partial charge in [0, 0.05) is 6.42 Å². The van der Waals surface area contributed by atoms with Crippen LogP contribution < -0.4 is 0 Å².